The Morgan fingerprint density at radius 1 is 1.09 bits per heavy atom. The van der Waals surface area contributed by atoms with Crippen LogP contribution in [0.15, 0.2) is 47.4 Å². The fourth-order valence-electron chi connectivity index (χ4n) is 3.55. The number of benzene rings is 2. The van der Waals surface area contributed by atoms with Gasteiger partial charge in [-0.3, -0.25) is 4.79 Å². The summed E-state index contributed by atoms with van der Waals surface area (Å²) in [5.74, 6) is 0.926. The Morgan fingerprint density at radius 3 is 2.48 bits per heavy atom. The minimum Gasteiger partial charge on any atom is -0.495 e. The molecule has 0 radical (unpaired) electrons. The van der Waals surface area contributed by atoms with Gasteiger partial charge in [0.2, 0.25) is 10.0 Å². The average molecular weight is 496 g/mol. The first kappa shape index (κ1) is 25.1. The second-order valence-electron chi connectivity index (χ2n) is 7.67. The molecule has 2 aromatic rings. The molecule has 1 aliphatic rings. The average Bonchev–Trinajstić information content (AvgIpc) is 2.83. The molecule has 1 aliphatic heterocycles. The largest absolute Gasteiger partial charge is 0.495 e. The monoisotopic (exact) mass is 495 g/mol. The lowest BCUT2D eigenvalue weighted by Gasteiger charge is -2.36. The van der Waals surface area contributed by atoms with Crippen LogP contribution < -0.4 is 19.1 Å². The minimum atomic E-state index is -3.63. The number of piperazine rings is 1. The van der Waals surface area contributed by atoms with Crippen molar-refractivity contribution in [1.82, 2.24) is 9.62 Å². The van der Waals surface area contributed by atoms with Gasteiger partial charge in [-0.05, 0) is 36.8 Å². The van der Waals surface area contributed by atoms with E-state index in [1.807, 2.05) is 31.2 Å². The summed E-state index contributed by atoms with van der Waals surface area (Å²) in [6, 6.07) is 12.0. The Morgan fingerprint density at radius 2 is 1.82 bits per heavy atom. The summed E-state index contributed by atoms with van der Waals surface area (Å²) in [5.41, 5.74) is 1.01. The molecular weight excluding hydrogens is 466 g/mol. The van der Waals surface area contributed by atoms with E-state index < -0.39 is 10.0 Å². The number of hydrogen-bond donors (Lipinski definition) is 1. The van der Waals surface area contributed by atoms with E-state index in [1.165, 1.54) is 18.2 Å². The maximum atomic E-state index is 12.6. The van der Waals surface area contributed by atoms with E-state index >= 15 is 0 Å². The molecule has 1 amide bonds. The molecule has 0 bridgehead atoms. The van der Waals surface area contributed by atoms with Crippen molar-refractivity contribution in [3.8, 4) is 11.5 Å². The zero-order chi connectivity index (χ0) is 23.8. The van der Waals surface area contributed by atoms with Gasteiger partial charge in [0.25, 0.3) is 5.91 Å². The van der Waals surface area contributed by atoms with E-state index in [9.17, 15) is 13.2 Å². The second kappa shape index (κ2) is 11.6. The van der Waals surface area contributed by atoms with Gasteiger partial charge in [0, 0.05) is 32.7 Å². The number of carbonyl (C=O) groups is 1. The maximum Gasteiger partial charge on any atom is 0.260 e. The number of sulfonamides is 1. The van der Waals surface area contributed by atoms with Crippen molar-refractivity contribution in [1.29, 1.82) is 0 Å². The first-order chi connectivity index (χ1) is 15.9. The number of anilines is 1. The van der Waals surface area contributed by atoms with Gasteiger partial charge in [0.15, 0.2) is 6.61 Å². The lowest BCUT2D eigenvalue weighted by molar-refractivity contribution is -0.133. The van der Waals surface area contributed by atoms with Crippen LogP contribution in [0, 0.1) is 0 Å². The number of carbonyl (C=O) groups excluding carboxylic acids is 1. The number of rotatable bonds is 10. The molecule has 1 fully saturated rings. The van der Waals surface area contributed by atoms with E-state index in [0.29, 0.717) is 32.7 Å². The second-order valence-corrected chi connectivity index (χ2v) is 9.85. The molecule has 8 nitrogen and oxygen atoms in total. The lowest BCUT2D eigenvalue weighted by Crippen LogP contribution is -2.50. The molecular formula is C23H30ClN3O5S. The quantitative estimate of drug-likeness (QED) is 0.509. The van der Waals surface area contributed by atoms with Crippen LogP contribution in [0.2, 0.25) is 5.02 Å². The lowest BCUT2D eigenvalue weighted by atomic mass is 10.2. The van der Waals surface area contributed by atoms with Crippen molar-refractivity contribution in [2.75, 3.05) is 51.3 Å². The van der Waals surface area contributed by atoms with Gasteiger partial charge in [-0.15, -0.1) is 0 Å². The highest BCUT2D eigenvalue weighted by molar-refractivity contribution is 7.89. The van der Waals surface area contributed by atoms with Crippen LogP contribution in [0.1, 0.15) is 19.8 Å². The fraction of sp³-hybridized carbons (Fsp3) is 0.435. The zero-order valence-electron chi connectivity index (χ0n) is 18.9. The number of unbranched alkanes of at least 4 members (excludes halogenated alkanes) is 1. The van der Waals surface area contributed by atoms with Crippen molar-refractivity contribution in [3.05, 3.63) is 47.5 Å². The van der Waals surface area contributed by atoms with Crippen LogP contribution in [0.5, 0.6) is 11.5 Å². The highest BCUT2D eigenvalue weighted by Crippen LogP contribution is 2.29. The third-order valence-electron chi connectivity index (χ3n) is 5.45. The van der Waals surface area contributed by atoms with Gasteiger partial charge in [-0.2, -0.15) is 0 Å². The highest BCUT2D eigenvalue weighted by atomic mass is 35.5. The van der Waals surface area contributed by atoms with Crippen molar-refractivity contribution in [2.24, 2.45) is 0 Å². The Labute approximate surface area is 200 Å². The number of hydrogen-bond acceptors (Lipinski definition) is 6. The van der Waals surface area contributed by atoms with Crippen LogP contribution >= 0.6 is 11.6 Å². The van der Waals surface area contributed by atoms with Crippen molar-refractivity contribution in [2.45, 2.75) is 24.7 Å². The standard InChI is InChI=1S/C23H30ClN3O5S/c1-3-4-11-25-33(29,30)18-9-10-21(19(24)16-18)32-17-23(28)27-14-12-26(13-15-27)20-7-5-6-8-22(20)31-2/h5-10,16,25H,3-4,11-15,17H2,1-2H3. The van der Waals surface area contributed by atoms with Gasteiger partial charge in [-0.1, -0.05) is 37.1 Å². The molecule has 3 rings (SSSR count). The number of nitrogens with one attached hydrogen (secondary N) is 1. The molecule has 1 N–H and O–H groups in total. The van der Waals surface area contributed by atoms with Crippen molar-refractivity contribution >= 4 is 33.2 Å². The summed E-state index contributed by atoms with van der Waals surface area (Å²) < 4.78 is 38.2. The SMILES string of the molecule is CCCCNS(=O)(=O)c1ccc(OCC(=O)N2CCN(c3ccccc3OC)CC2)c(Cl)c1. The summed E-state index contributed by atoms with van der Waals surface area (Å²) in [5, 5.41) is 0.141. The molecule has 1 saturated heterocycles. The van der Waals surface area contributed by atoms with E-state index in [-0.39, 0.29) is 28.2 Å². The first-order valence-corrected chi connectivity index (χ1v) is 12.8. The summed E-state index contributed by atoms with van der Waals surface area (Å²) in [6.45, 7) is 4.68. The number of nitrogens with zero attached hydrogens (tertiary/aromatic N) is 2. The molecule has 0 saturated carbocycles. The third kappa shape index (κ3) is 6.52. The molecule has 0 spiro atoms. The zero-order valence-corrected chi connectivity index (χ0v) is 20.5. The van der Waals surface area contributed by atoms with Crippen LogP contribution in [0.3, 0.4) is 0 Å². The van der Waals surface area contributed by atoms with Gasteiger partial charge in [-0.25, -0.2) is 13.1 Å². The predicted octanol–water partition coefficient (Wildman–Crippen LogP) is 3.15. The summed E-state index contributed by atoms with van der Waals surface area (Å²) in [6.07, 6.45) is 1.64. The number of ether oxygens (including phenoxy) is 2. The van der Waals surface area contributed by atoms with Crippen molar-refractivity contribution in [3.63, 3.8) is 0 Å². The Balaban J connectivity index is 1.53. The molecule has 0 aromatic heterocycles. The summed E-state index contributed by atoms with van der Waals surface area (Å²) in [7, 11) is -1.99. The number of para-hydroxylation sites is 2. The van der Waals surface area contributed by atoms with Gasteiger partial charge < -0.3 is 19.3 Å². The molecule has 2 aromatic carbocycles. The maximum absolute atomic E-state index is 12.6. The Hall–Kier alpha value is -2.49. The van der Waals surface area contributed by atoms with E-state index in [2.05, 4.69) is 9.62 Å². The summed E-state index contributed by atoms with van der Waals surface area (Å²) in [4.78, 5) is 16.6. The van der Waals surface area contributed by atoms with Gasteiger partial charge in [0.05, 0.1) is 22.7 Å². The predicted molar refractivity (Wildman–Crippen MR) is 129 cm³/mol. The van der Waals surface area contributed by atoms with Crippen LogP contribution in [-0.4, -0.2) is 65.7 Å². The van der Waals surface area contributed by atoms with Crippen LogP contribution in [0.4, 0.5) is 5.69 Å². The fourth-order valence-corrected chi connectivity index (χ4v) is 4.95. The normalized spacial score (nSPS) is 14.3. The first-order valence-electron chi connectivity index (χ1n) is 10.9. The molecule has 180 valence electrons. The highest BCUT2D eigenvalue weighted by Gasteiger charge is 2.23. The number of amides is 1. The van der Waals surface area contributed by atoms with E-state index in [0.717, 1.165) is 24.3 Å². The minimum absolute atomic E-state index is 0.0646. The van der Waals surface area contributed by atoms with Gasteiger partial charge in [0.1, 0.15) is 11.5 Å². The molecule has 33 heavy (non-hydrogen) atoms. The number of halogens is 1. The van der Waals surface area contributed by atoms with Crippen LogP contribution in [0.25, 0.3) is 0 Å². The third-order valence-corrected chi connectivity index (χ3v) is 7.20. The molecule has 0 aliphatic carbocycles. The summed E-state index contributed by atoms with van der Waals surface area (Å²) >= 11 is 6.22. The Kier molecular flexibility index (Phi) is 8.82. The molecule has 0 unspecified atom stereocenters. The molecule has 1 heterocycles. The van der Waals surface area contributed by atoms with E-state index in [1.54, 1.807) is 12.0 Å². The van der Waals surface area contributed by atoms with Crippen molar-refractivity contribution < 1.29 is 22.7 Å². The Bertz CT molecular complexity index is 1060. The van der Waals surface area contributed by atoms with Gasteiger partial charge >= 0.3 is 0 Å². The smallest absolute Gasteiger partial charge is 0.260 e. The molecule has 0 atom stereocenters. The van der Waals surface area contributed by atoms with Crippen LogP contribution in [-0.2, 0) is 14.8 Å². The topological polar surface area (TPSA) is 88.2 Å². The number of methoxy groups -OCH3 is 1. The van der Waals surface area contributed by atoms with E-state index in [4.69, 9.17) is 21.1 Å². The molecule has 10 heteroatoms.